The van der Waals surface area contributed by atoms with E-state index in [0.29, 0.717) is 23.6 Å². The fraction of sp³-hybridized carbons (Fsp3) is 0.182. The second-order valence-electron chi connectivity index (χ2n) is 6.42. The quantitative estimate of drug-likeness (QED) is 0.571. The molecule has 0 aliphatic heterocycles. The molecule has 3 aromatic rings. The summed E-state index contributed by atoms with van der Waals surface area (Å²) in [6.45, 7) is 2.15. The van der Waals surface area contributed by atoms with Gasteiger partial charge in [0.15, 0.2) is 11.5 Å². The van der Waals surface area contributed by atoms with E-state index in [1.54, 1.807) is 43.5 Å². The Bertz CT molecular complexity index is 1000. The van der Waals surface area contributed by atoms with Crippen molar-refractivity contribution in [2.75, 3.05) is 24.3 Å². The molecule has 0 unspecified atom stereocenters. The molecule has 1 amide bonds. The minimum Gasteiger partial charge on any atom is -0.497 e. The van der Waals surface area contributed by atoms with Gasteiger partial charge in [-0.05, 0) is 55.3 Å². The van der Waals surface area contributed by atoms with Crippen LogP contribution in [0.1, 0.15) is 33.3 Å². The molecule has 0 spiro atoms. The lowest BCUT2D eigenvalue weighted by molar-refractivity contribution is 0.100. The summed E-state index contributed by atoms with van der Waals surface area (Å²) in [5.74, 6) is 0.959. The summed E-state index contributed by atoms with van der Waals surface area (Å²) in [6.07, 6.45) is 0.799. The monoisotopic (exact) mass is 390 g/mol. The molecule has 1 heterocycles. The van der Waals surface area contributed by atoms with Gasteiger partial charge in [-0.2, -0.15) is 0 Å². The number of hydrogen-bond donors (Lipinski definition) is 2. The standard InChI is InChI=1S/C22H22N4O3/c1-15(27)17-6-4-7-18(14-17)24-22(28)20-9-10-21(26-25-20)23-12-11-16-5-3-8-19(13-16)29-2/h3-10,13-14H,11-12H2,1-2H3,(H,23,26)(H,24,28). The second-order valence-corrected chi connectivity index (χ2v) is 6.42. The second kappa shape index (κ2) is 9.45. The Hall–Kier alpha value is -3.74. The maximum Gasteiger partial charge on any atom is 0.276 e. The predicted molar refractivity (Wildman–Crippen MR) is 112 cm³/mol. The fourth-order valence-corrected chi connectivity index (χ4v) is 2.72. The van der Waals surface area contributed by atoms with Crippen LogP contribution in [-0.4, -0.2) is 35.5 Å². The van der Waals surface area contributed by atoms with Gasteiger partial charge in [-0.3, -0.25) is 9.59 Å². The molecule has 148 valence electrons. The third-order valence-electron chi connectivity index (χ3n) is 4.28. The molecule has 0 saturated heterocycles. The van der Waals surface area contributed by atoms with Gasteiger partial charge in [0.25, 0.3) is 5.91 Å². The SMILES string of the molecule is COc1cccc(CCNc2ccc(C(=O)Nc3cccc(C(C)=O)c3)nn2)c1. The molecule has 0 radical (unpaired) electrons. The summed E-state index contributed by atoms with van der Waals surface area (Å²) in [6, 6.07) is 17.9. The highest BCUT2D eigenvalue weighted by Gasteiger charge is 2.10. The van der Waals surface area contributed by atoms with Crippen LogP contribution in [0.5, 0.6) is 5.75 Å². The maximum atomic E-state index is 12.3. The lowest BCUT2D eigenvalue weighted by atomic mass is 10.1. The molecule has 29 heavy (non-hydrogen) atoms. The van der Waals surface area contributed by atoms with E-state index >= 15 is 0 Å². The zero-order valence-corrected chi connectivity index (χ0v) is 16.3. The van der Waals surface area contributed by atoms with Gasteiger partial charge >= 0.3 is 0 Å². The molecule has 3 rings (SSSR count). The van der Waals surface area contributed by atoms with Crippen LogP contribution in [0.25, 0.3) is 0 Å². The summed E-state index contributed by atoms with van der Waals surface area (Å²) in [5.41, 5.74) is 2.40. The van der Waals surface area contributed by atoms with Crippen molar-refractivity contribution in [3.8, 4) is 5.75 Å². The van der Waals surface area contributed by atoms with Crippen LogP contribution in [-0.2, 0) is 6.42 Å². The van der Waals surface area contributed by atoms with Crippen LogP contribution >= 0.6 is 0 Å². The van der Waals surface area contributed by atoms with Crippen molar-refractivity contribution in [1.29, 1.82) is 0 Å². The molecule has 2 aromatic carbocycles. The highest BCUT2D eigenvalue weighted by molar-refractivity contribution is 6.03. The van der Waals surface area contributed by atoms with E-state index in [-0.39, 0.29) is 17.4 Å². The van der Waals surface area contributed by atoms with Crippen molar-refractivity contribution >= 4 is 23.2 Å². The highest BCUT2D eigenvalue weighted by atomic mass is 16.5. The Morgan fingerprint density at radius 1 is 1.00 bits per heavy atom. The number of rotatable bonds is 8. The van der Waals surface area contributed by atoms with Gasteiger partial charge in [0.2, 0.25) is 0 Å². The van der Waals surface area contributed by atoms with E-state index < -0.39 is 0 Å². The number of hydrogen-bond acceptors (Lipinski definition) is 6. The number of methoxy groups -OCH3 is 1. The van der Waals surface area contributed by atoms with Crippen molar-refractivity contribution in [3.63, 3.8) is 0 Å². The largest absolute Gasteiger partial charge is 0.497 e. The first-order valence-electron chi connectivity index (χ1n) is 9.18. The van der Waals surface area contributed by atoms with Crippen LogP contribution in [0.3, 0.4) is 0 Å². The van der Waals surface area contributed by atoms with Crippen molar-refractivity contribution in [2.24, 2.45) is 0 Å². The van der Waals surface area contributed by atoms with E-state index in [1.165, 1.54) is 6.92 Å². The van der Waals surface area contributed by atoms with Gasteiger partial charge in [-0.25, -0.2) is 0 Å². The van der Waals surface area contributed by atoms with Gasteiger partial charge in [-0.1, -0.05) is 24.3 Å². The minimum absolute atomic E-state index is 0.0646. The fourth-order valence-electron chi connectivity index (χ4n) is 2.72. The Balaban J connectivity index is 1.54. The number of nitrogens with one attached hydrogen (secondary N) is 2. The number of amides is 1. The summed E-state index contributed by atoms with van der Waals surface area (Å²) in [5, 5.41) is 13.9. The molecule has 0 bridgehead atoms. The van der Waals surface area contributed by atoms with Crippen LogP contribution in [0, 0.1) is 0 Å². The third kappa shape index (κ3) is 5.62. The zero-order valence-electron chi connectivity index (χ0n) is 16.3. The molecule has 2 N–H and O–H groups in total. The number of aromatic nitrogens is 2. The molecule has 0 saturated carbocycles. The van der Waals surface area contributed by atoms with Gasteiger partial charge < -0.3 is 15.4 Å². The molecular formula is C22H22N4O3. The molecular weight excluding hydrogens is 368 g/mol. The van der Waals surface area contributed by atoms with Gasteiger partial charge in [0.1, 0.15) is 11.6 Å². The minimum atomic E-state index is -0.388. The number of Topliss-reactive ketones (excluding diaryl/α,β-unsaturated/α-hetero) is 1. The Labute approximate surface area is 169 Å². The van der Waals surface area contributed by atoms with E-state index in [0.717, 1.165) is 17.7 Å². The van der Waals surface area contributed by atoms with E-state index in [9.17, 15) is 9.59 Å². The molecule has 7 nitrogen and oxygen atoms in total. The van der Waals surface area contributed by atoms with Crippen LogP contribution in [0.2, 0.25) is 0 Å². The molecule has 7 heteroatoms. The Kier molecular flexibility index (Phi) is 6.52. The normalized spacial score (nSPS) is 10.3. The highest BCUT2D eigenvalue weighted by Crippen LogP contribution is 2.14. The topological polar surface area (TPSA) is 93.2 Å². The lowest BCUT2D eigenvalue weighted by Crippen LogP contribution is -2.15. The van der Waals surface area contributed by atoms with Crippen molar-refractivity contribution < 1.29 is 14.3 Å². The van der Waals surface area contributed by atoms with Crippen molar-refractivity contribution in [1.82, 2.24) is 10.2 Å². The number of ketones is 1. The average Bonchev–Trinajstić information content (AvgIpc) is 2.74. The average molecular weight is 390 g/mol. The number of ether oxygens (including phenoxy) is 1. The number of nitrogens with zero attached hydrogens (tertiary/aromatic N) is 2. The summed E-state index contributed by atoms with van der Waals surface area (Å²) >= 11 is 0. The third-order valence-corrected chi connectivity index (χ3v) is 4.28. The van der Waals surface area contributed by atoms with Crippen molar-refractivity contribution in [3.05, 3.63) is 77.5 Å². The number of carbonyl (C=O) groups excluding carboxylic acids is 2. The van der Waals surface area contributed by atoms with Crippen LogP contribution in [0.4, 0.5) is 11.5 Å². The molecule has 0 fully saturated rings. The first-order chi connectivity index (χ1) is 14.0. The Morgan fingerprint density at radius 3 is 2.55 bits per heavy atom. The van der Waals surface area contributed by atoms with Crippen LogP contribution < -0.4 is 15.4 Å². The number of carbonyl (C=O) groups is 2. The Morgan fingerprint density at radius 2 is 1.83 bits per heavy atom. The summed E-state index contributed by atoms with van der Waals surface area (Å²) < 4.78 is 5.22. The van der Waals surface area contributed by atoms with Gasteiger partial charge in [-0.15, -0.1) is 10.2 Å². The summed E-state index contributed by atoms with van der Waals surface area (Å²) in [4.78, 5) is 23.8. The lowest BCUT2D eigenvalue weighted by Gasteiger charge is -2.08. The van der Waals surface area contributed by atoms with E-state index in [2.05, 4.69) is 20.8 Å². The van der Waals surface area contributed by atoms with Gasteiger partial charge in [0.05, 0.1) is 7.11 Å². The van der Waals surface area contributed by atoms with Crippen LogP contribution in [0.15, 0.2) is 60.7 Å². The van der Waals surface area contributed by atoms with Crippen molar-refractivity contribution in [2.45, 2.75) is 13.3 Å². The van der Waals surface area contributed by atoms with Gasteiger partial charge in [0, 0.05) is 17.8 Å². The molecule has 1 aromatic heterocycles. The zero-order chi connectivity index (χ0) is 20.6. The summed E-state index contributed by atoms with van der Waals surface area (Å²) in [7, 11) is 1.64. The van der Waals surface area contributed by atoms with E-state index in [4.69, 9.17) is 4.74 Å². The predicted octanol–water partition coefficient (Wildman–Crippen LogP) is 3.59. The number of anilines is 2. The molecule has 0 aliphatic carbocycles. The first-order valence-corrected chi connectivity index (χ1v) is 9.18. The molecule has 0 aliphatic rings. The maximum absolute atomic E-state index is 12.3. The van der Waals surface area contributed by atoms with E-state index in [1.807, 2.05) is 24.3 Å². The molecule has 0 atom stereocenters. The number of benzene rings is 2. The first kappa shape index (κ1) is 20.0. The smallest absolute Gasteiger partial charge is 0.276 e.